The average Bonchev–Trinajstić information content (AvgIpc) is 2.61. The molecule has 0 saturated heterocycles. The minimum atomic E-state index is -3.94. The third-order valence-corrected chi connectivity index (χ3v) is 4.81. The van der Waals surface area contributed by atoms with Gasteiger partial charge in [0.1, 0.15) is 0 Å². The Morgan fingerprint density at radius 1 is 1.04 bits per heavy atom. The van der Waals surface area contributed by atoms with Crippen LogP contribution in [-0.4, -0.2) is 26.0 Å². The van der Waals surface area contributed by atoms with E-state index in [0.717, 1.165) is 13.0 Å². The van der Waals surface area contributed by atoms with Gasteiger partial charge in [-0.15, -0.1) is 0 Å². The summed E-state index contributed by atoms with van der Waals surface area (Å²) in [6.45, 7) is 2.78. The number of carbonyl (C=O) groups excluding carboxylic acids is 1. The van der Waals surface area contributed by atoms with Crippen LogP contribution in [0.3, 0.4) is 0 Å². The van der Waals surface area contributed by atoms with Gasteiger partial charge in [-0.3, -0.25) is 4.79 Å². The Morgan fingerprint density at radius 2 is 1.68 bits per heavy atom. The molecule has 1 amide bonds. The van der Waals surface area contributed by atoms with Crippen molar-refractivity contribution in [3.8, 4) is 0 Å². The van der Waals surface area contributed by atoms with E-state index < -0.39 is 15.9 Å². The summed E-state index contributed by atoms with van der Waals surface area (Å²) in [5, 5.41) is 6.44. The van der Waals surface area contributed by atoms with Crippen molar-refractivity contribution in [3.05, 3.63) is 60.2 Å². The fraction of sp³-hybridized carbons (Fsp3) is 0.176. The van der Waals surface area contributed by atoms with E-state index in [1.807, 2.05) is 6.92 Å². The molecule has 132 valence electrons. The fourth-order valence-corrected chi connectivity index (χ4v) is 3.15. The fourth-order valence-electron chi connectivity index (χ4n) is 1.96. The standard InChI is InChI=1S/C17H19N3O3S2/c1-2-12-18-17(24)19-14-8-10-15(11-9-14)25(22,23)20-16(21)13-6-4-3-5-7-13/h3-11H,2,12H2,1H3,(H,20,21)(H2,18,19,24). The lowest BCUT2D eigenvalue weighted by molar-refractivity contribution is 0.0981. The van der Waals surface area contributed by atoms with Crippen molar-refractivity contribution in [1.29, 1.82) is 0 Å². The summed E-state index contributed by atoms with van der Waals surface area (Å²) in [6.07, 6.45) is 0.945. The number of amides is 1. The lowest BCUT2D eigenvalue weighted by Gasteiger charge is -2.11. The smallest absolute Gasteiger partial charge is 0.264 e. The Hall–Kier alpha value is -2.45. The molecule has 25 heavy (non-hydrogen) atoms. The van der Waals surface area contributed by atoms with Crippen molar-refractivity contribution in [2.75, 3.05) is 11.9 Å². The molecule has 0 radical (unpaired) electrons. The van der Waals surface area contributed by atoms with Crippen LogP contribution in [0.25, 0.3) is 0 Å². The number of hydrogen-bond donors (Lipinski definition) is 3. The normalized spacial score (nSPS) is 10.8. The number of hydrogen-bond acceptors (Lipinski definition) is 4. The summed E-state index contributed by atoms with van der Waals surface area (Å²) < 4.78 is 26.7. The maximum atomic E-state index is 12.3. The molecule has 0 heterocycles. The van der Waals surface area contributed by atoms with E-state index in [2.05, 4.69) is 15.4 Å². The number of nitrogens with one attached hydrogen (secondary N) is 3. The largest absolute Gasteiger partial charge is 0.362 e. The quantitative estimate of drug-likeness (QED) is 0.671. The molecule has 8 heteroatoms. The first-order valence-electron chi connectivity index (χ1n) is 7.69. The third-order valence-electron chi connectivity index (χ3n) is 3.22. The van der Waals surface area contributed by atoms with Gasteiger partial charge in [0, 0.05) is 17.8 Å². The summed E-state index contributed by atoms with van der Waals surface area (Å²) in [7, 11) is -3.94. The Balaban J connectivity index is 2.05. The van der Waals surface area contributed by atoms with Crippen molar-refractivity contribution in [2.45, 2.75) is 18.2 Å². The van der Waals surface area contributed by atoms with Gasteiger partial charge in [0.15, 0.2) is 5.11 Å². The first-order chi connectivity index (χ1) is 11.9. The Labute approximate surface area is 152 Å². The highest BCUT2D eigenvalue weighted by molar-refractivity contribution is 7.90. The molecule has 2 aromatic carbocycles. The molecule has 0 aromatic heterocycles. The van der Waals surface area contributed by atoms with Gasteiger partial charge in [0.05, 0.1) is 4.90 Å². The van der Waals surface area contributed by atoms with Gasteiger partial charge in [-0.25, -0.2) is 13.1 Å². The van der Waals surface area contributed by atoms with Crippen LogP contribution in [0.4, 0.5) is 5.69 Å². The highest BCUT2D eigenvalue weighted by Crippen LogP contribution is 2.14. The van der Waals surface area contributed by atoms with Crippen LogP contribution in [0, 0.1) is 0 Å². The summed E-state index contributed by atoms with van der Waals surface area (Å²) in [6, 6.07) is 14.1. The van der Waals surface area contributed by atoms with Gasteiger partial charge in [-0.2, -0.15) is 0 Å². The molecule has 3 N–H and O–H groups in total. The Bertz CT molecular complexity index is 835. The Morgan fingerprint density at radius 3 is 2.28 bits per heavy atom. The van der Waals surface area contributed by atoms with Crippen molar-refractivity contribution in [3.63, 3.8) is 0 Å². The van der Waals surface area contributed by atoms with Crippen LogP contribution in [-0.2, 0) is 10.0 Å². The number of rotatable bonds is 6. The van der Waals surface area contributed by atoms with Crippen molar-refractivity contribution in [2.24, 2.45) is 0 Å². The minimum Gasteiger partial charge on any atom is -0.362 e. The molecule has 0 aliphatic rings. The highest BCUT2D eigenvalue weighted by Gasteiger charge is 2.18. The van der Waals surface area contributed by atoms with Gasteiger partial charge in [-0.05, 0) is 55.0 Å². The number of carbonyl (C=O) groups is 1. The van der Waals surface area contributed by atoms with Gasteiger partial charge in [0.25, 0.3) is 15.9 Å². The van der Waals surface area contributed by atoms with E-state index in [1.165, 1.54) is 12.1 Å². The van der Waals surface area contributed by atoms with Crippen LogP contribution < -0.4 is 15.4 Å². The maximum absolute atomic E-state index is 12.3. The molecule has 0 fully saturated rings. The average molecular weight is 377 g/mol. The van der Waals surface area contributed by atoms with Crippen molar-refractivity contribution >= 4 is 38.9 Å². The van der Waals surface area contributed by atoms with Gasteiger partial charge < -0.3 is 10.6 Å². The lowest BCUT2D eigenvalue weighted by Crippen LogP contribution is -2.30. The number of thiocarbonyl (C=S) groups is 1. The second kappa shape index (κ2) is 8.59. The molecule has 0 aliphatic carbocycles. The zero-order valence-corrected chi connectivity index (χ0v) is 15.3. The van der Waals surface area contributed by atoms with Crippen LogP contribution in [0.1, 0.15) is 23.7 Å². The molecular formula is C17H19N3O3S2. The van der Waals surface area contributed by atoms with Gasteiger partial charge >= 0.3 is 0 Å². The summed E-state index contributed by atoms with van der Waals surface area (Å²) in [4.78, 5) is 12.0. The topological polar surface area (TPSA) is 87.3 Å². The van der Waals surface area contributed by atoms with Crippen LogP contribution in [0.5, 0.6) is 0 Å². The molecule has 2 rings (SSSR count). The molecule has 6 nitrogen and oxygen atoms in total. The van der Waals surface area contributed by atoms with Crippen LogP contribution >= 0.6 is 12.2 Å². The molecule has 0 spiro atoms. The summed E-state index contributed by atoms with van der Waals surface area (Å²) >= 11 is 5.12. The second-order valence-corrected chi connectivity index (χ2v) is 7.30. The van der Waals surface area contributed by atoms with Gasteiger partial charge in [0.2, 0.25) is 0 Å². The van der Waals surface area contributed by atoms with E-state index in [1.54, 1.807) is 42.5 Å². The highest BCUT2D eigenvalue weighted by atomic mass is 32.2. The Kier molecular flexibility index (Phi) is 6.49. The second-order valence-electron chi connectivity index (χ2n) is 5.21. The molecule has 0 atom stereocenters. The first kappa shape index (κ1) is 18.9. The van der Waals surface area contributed by atoms with Crippen molar-refractivity contribution in [1.82, 2.24) is 10.0 Å². The summed E-state index contributed by atoms with van der Waals surface area (Å²) in [5.74, 6) is -0.673. The molecule has 0 unspecified atom stereocenters. The molecule has 0 saturated carbocycles. The molecule has 2 aromatic rings. The first-order valence-corrected chi connectivity index (χ1v) is 9.58. The molecule has 0 aliphatic heterocycles. The van der Waals surface area contributed by atoms with Crippen molar-refractivity contribution < 1.29 is 13.2 Å². The van der Waals surface area contributed by atoms with E-state index >= 15 is 0 Å². The van der Waals surface area contributed by atoms with E-state index in [9.17, 15) is 13.2 Å². The number of anilines is 1. The zero-order chi connectivity index (χ0) is 18.3. The summed E-state index contributed by atoms with van der Waals surface area (Å²) in [5.41, 5.74) is 0.929. The predicted octanol–water partition coefficient (Wildman–Crippen LogP) is 2.50. The lowest BCUT2D eigenvalue weighted by atomic mass is 10.2. The zero-order valence-electron chi connectivity index (χ0n) is 13.7. The third kappa shape index (κ3) is 5.54. The van der Waals surface area contributed by atoms with Crippen LogP contribution in [0.2, 0.25) is 0 Å². The van der Waals surface area contributed by atoms with E-state index in [4.69, 9.17) is 12.2 Å². The molecule has 0 bridgehead atoms. The minimum absolute atomic E-state index is 0.00485. The molecular weight excluding hydrogens is 358 g/mol. The monoisotopic (exact) mass is 377 g/mol. The van der Waals surface area contributed by atoms with Gasteiger partial charge in [-0.1, -0.05) is 25.1 Å². The number of benzene rings is 2. The SMILES string of the molecule is CCCNC(=S)Nc1ccc(S(=O)(=O)NC(=O)c2ccccc2)cc1. The predicted molar refractivity (Wildman–Crippen MR) is 102 cm³/mol. The van der Waals surface area contributed by atoms with E-state index in [-0.39, 0.29) is 10.5 Å². The number of sulfonamides is 1. The van der Waals surface area contributed by atoms with Crippen LogP contribution in [0.15, 0.2) is 59.5 Å². The maximum Gasteiger partial charge on any atom is 0.264 e. The van der Waals surface area contributed by atoms with E-state index in [0.29, 0.717) is 10.8 Å².